The molecule has 0 amide bonds. The summed E-state index contributed by atoms with van der Waals surface area (Å²) in [4.78, 5) is 1.35. The monoisotopic (exact) mass is 540 g/mol. The Hall–Kier alpha value is -1.54. The van der Waals surface area contributed by atoms with Crippen LogP contribution < -0.4 is 8.86 Å². The van der Waals surface area contributed by atoms with Crippen LogP contribution in [-0.4, -0.2) is 46.1 Å². The second-order valence-corrected chi connectivity index (χ2v) is 13.8. The number of halogens is 3. The van der Waals surface area contributed by atoms with Crippen molar-refractivity contribution in [2.45, 2.75) is 61.1 Å². The summed E-state index contributed by atoms with van der Waals surface area (Å²) in [6.07, 6.45) is 2.53. The fraction of sp³-hybridized carbons (Fsp3) is 0.524. The van der Waals surface area contributed by atoms with Crippen LogP contribution in [0.4, 0.5) is 13.2 Å². The number of benzene rings is 2. The van der Waals surface area contributed by atoms with E-state index in [1.807, 2.05) is 24.3 Å². The zero-order chi connectivity index (χ0) is 24.6. The molecule has 4 rings (SSSR count). The number of alkyl halides is 3. The lowest BCUT2D eigenvalue weighted by Crippen LogP contribution is -2.42. The second-order valence-electron chi connectivity index (χ2n) is 8.32. The predicted molar refractivity (Wildman–Crippen MR) is 123 cm³/mol. The van der Waals surface area contributed by atoms with Crippen molar-refractivity contribution >= 4 is 42.0 Å². The van der Waals surface area contributed by atoms with Crippen LogP contribution in [0.2, 0.25) is 0 Å². The summed E-state index contributed by atoms with van der Waals surface area (Å²) in [5, 5.41) is 2.19. The zero-order valence-corrected chi connectivity index (χ0v) is 20.5. The Morgan fingerprint density at radius 2 is 1.44 bits per heavy atom. The maximum absolute atomic E-state index is 12.4. The van der Waals surface area contributed by atoms with Crippen LogP contribution in [0.1, 0.15) is 38.5 Å². The van der Waals surface area contributed by atoms with E-state index in [9.17, 15) is 30.0 Å². The van der Waals surface area contributed by atoms with Crippen molar-refractivity contribution < 1.29 is 38.9 Å². The minimum Gasteiger partial charge on any atom is -0.490 e. The normalized spacial score (nSPS) is 22.8. The molecular formula is C21H25F3NO6S3+. The van der Waals surface area contributed by atoms with Crippen molar-refractivity contribution in [2.24, 2.45) is 0 Å². The topological polar surface area (TPSA) is 98.8 Å². The van der Waals surface area contributed by atoms with Gasteiger partial charge in [-0.15, -0.1) is 0 Å². The molecule has 0 spiro atoms. The Bertz CT molecular complexity index is 1240. The summed E-state index contributed by atoms with van der Waals surface area (Å²) in [5.74, 6) is 3.14. The van der Waals surface area contributed by atoms with Gasteiger partial charge in [0.05, 0.1) is 12.2 Å². The molecule has 0 radical (unpaired) electrons. The lowest BCUT2D eigenvalue weighted by atomic mass is 9.95. The molecule has 2 aromatic rings. The number of hydrogen-bond donors (Lipinski definition) is 1. The van der Waals surface area contributed by atoms with Crippen LogP contribution in [0.3, 0.4) is 0 Å². The van der Waals surface area contributed by atoms with Gasteiger partial charge >= 0.3 is 25.8 Å². The molecule has 7 nitrogen and oxygen atoms in total. The van der Waals surface area contributed by atoms with E-state index in [4.69, 9.17) is 4.74 Å². The standard InChI is InChI=1S/C21H25F3NO6S3/c22-21(23,24)33(26,27)25-34(28,29)31-16-9-7-15(8-10-16)30-19-11-12-20(32-13-3-4-14-32)18-6-2-1-5-17(18)19/h1-2,5-6,11-12,15-16,25H,3-4,7-10,13-14H2/q+1. The Morgan fingerprint density at radius 3 is 2.06 bits per heavy atom. The maximum atomic E-state index is 12.4. The summed E-state index contributed by atoms with van der Waals surface area (Å²) in [6, 6.07) is 12.2. The van der Waals surface area contributed by atoms with Crippen LogP contribution in [0, 0.1) is 0 Å². The lowest BCUT2D eigenvalue weighted by molar-refractivity contribution is -0.0442. The molecule has 0 aromatic heterocycles. The summed E-state index contributed by atoms with van der Waals surface area (Å²) in [5.41, 5.74) is -5.76. The maximum Gasteiger partial charge on any atom is 0.512 e. The minimum atomic E-state index is -6.08. The van der Waals surface area contributed by atoms with Gasteiger partial charge in [-0.1, -0.05) is 22.3 Å². The van der Waals surface area contributed by atoms with Crippen molar-refractivity contribution in [1.82, 2.24) is 4.13 Å². The Kier molecular flexibility index (Phi) is 7.40. The number of sulfonamides is 1. The van der Waals surface area contributed by atoms with E-state index in [0.29, 0.717) is 17.0 Å². The lowest BCUT2D eigenvalue weighted by Gasteiger charge is -2.29. The van der Waals surface area contributed by atoms with Gasteiger partial charge in [0.15, 0.2) is 4.90 Å². The summed E-state index contributed by atoms with van der Waals surface area (Å²) < 4.78 is 94.5. The molecule has 1 N–H and O–H groups in total. The van der Waals surface area contributed by atoms with Crippen molar-refractivity contribution in [2.75, 3.05) is 11.5 Å². The average molecular weight is 541 g/mol. The quantitative estimate of drug-likeness (QED) is 0.533. The molecule has 1 saturated heterocycles. The summed E-state index contributed by atoms with van der Waals surface area (Å²) in [6.45, 7) is 0. The minimum absolute atomic E-state index is 0.192. The van der Waals surface area contributed by atoms with Gasteiger partial charge in [0.2, 0.25) is 0 Å². The molecule has 1 aliphatic heterocycles. The first-order chi connectivity index (χ1) is 16.0. The van der Waals surface area contributed by atoms with Crippen molar-refractivity contribution in [1.29, 1.82) is 0 Å². The average Bonchev–Trinajstić information content (AvgIpc) is 3.28. The largest absolute Gasteiger partial charge is 0.512 e. The van der Waals surface area contributed by atoms with E-state index in [1.54, 1.807) is 0 Å². The smallest absolute Gasteiger partial charge is 0.490 e. The van der Waals surface area contributed by atoms with E-state index < -0.39 is 31.9 Å². The molecule has 188 valence electrons. The van der Waals surface area contributed by atoms with E-state index in [-0.39, 0.29) is 29.8 Å². The van der Waals surface area contributed by atoms with E-state index in [0.717, 1.165) is 11.1 Å². The fourth-order valence-electron chi connectivity index (χ4n) is 4.28. The summed E-state index contributed by atoms with van der Waals surface area (Å²) in [7, 11) is -11.0. The van der Waals surface area contributed by atoms with Crippen molar-refractivity contribution in [3.8, 4) is 5.75 Å². The first-order valence-corrected chi connectivity index (χ1v) is 15.3. The van der Waals surface area contributed by atoms with Gasteiger partial charge in [-0.25, -0.2) is 8.42 Å². The van der Waals surface area contributed by atoms with Gasteiger partial charge in [0, 0.05) is 21.7 Å². The zero-order valence-electron chi connectivity index (χ0n) is 18.1. The van der Waals surface area contributed by atoms with Gasteiger partial charge in [-0.3, -0.25) is 4.18 Å². The highest BCUT2D eigenvalue weighted by Crippen LogP contribution is 2.36. The van der Waals surface area contributed by atoms with Crippen molar-refractivity contribution in [3.05, 3.63) is 36.4 Å². The molecule has 1 saturated carbocycles. The third kappa shape index (κ3) is 5.81. The number of ether oxygens (including phenoxy) is 1. The molecule has 2 fully saturated rings. The van der Waals surface area contributed by atoms with Gasteiger partial charge in [0.25, 0.3) is 0 Å². The third-order valence-electron chi connectivity index (χ3n) is 5.88. The first-order valence-electron chi connectivity index (χ1n) is 10.8. The van der Waals surface area contributed by atoms with Crippen LogP contribution in [-0.2, 0) is 35.4 Å². The SMILES string of the molecule is O=S(=O)(NS(=O)(=O)C(F)(F)F)OC1CCC(Oc2ccc([S+]3CCCC3)c3ccccc23)CC1. The highest BCUT2D eigenvalue weighted by molar-refractivity contribution is 8.03. The fourth-order valence-corrected chi connectivity index (χ4v) is 8.94. The van der Waals surface area contributed by atoms with Gasteiger partial charge in [-0.2, -0.15) is 21.6 Å². The highest BCUT2D eigenvalue weighted by atomic mass is 32.3. The van der Waals surface area contributed by atoms with Crippen LogP contribution in [0.25, 0.3) is 10.8 Å². The number of rotatable bonds is 7. The molecular weight excluding hydrogens is 515 g/mol. The van der Waals surface area contributed by atoms with Crippen LogP contribution in [0.5, 0.6) is 5.75 Å². The van der Waals surface area contributed by atoms with Gasteiger partial charge in [-0.05, 0) is 56.7 Å². The van der Waals surface area contributed by atoms with E-state index in [2.05, 4.69) is 16.3 Å². The molecule has 0 bridgehead atoms. The molecule has 2 aromatic carbocycles. The molecule has 0 unspecified atom stereocenters. The number of fused-ring (bicyclic) bond motifs is 1. The molecule has 0 atom stereocenters. The van der Waals surface area contributed by atoms with Gasteiger partial charge in [0.1, 0.15) is 17.3 Å². The number of nitrogens with one attached hydrogen (secondary N) is 1. The third-order valence-corrected chi connectivity index (χ3v) is 11.3. The molecule has 13 heteroatoms. The summed E-state index contributed by atoms with van der Waals surface area (Å²) >= 11 is 0. The molecule has 34 heavy (non-hydrogen) atoms. The Morgan fingerprint density at radius 1 is 0.853 bits per heavy atom. The van der Waals surface area contributed by atoms with Crippen LogP contribution in [0.15, 0.2) is 41.3 Å². The molecule has 2 aliphatic rings. The van der Waals surface area contributed by atoms with Gasteiger partial charge < -0.3 is 4.74 Å². The number of hydrogen-bond acceptors (Lipinski definition) is 6. The van der Waals surface area contributed by atoms with E-state index in [1.165, 1.54) is 34.6 Å². The molecule has 1 heterocycles. The van der Waals surface area contributed by atoms with E-state index >= 15 is 0 Å². The first kappa shape index (κ1) is 25.5. The second kappa shape index (κ2) is 9.84. The Labute approximate surface area is 199 Å². The Balaban J connectivity index is 1.39. The van der Waals surface area contributed by atoms with Crippen LogP contribution >= 0.6 is 0 Å². The van der Waals surface area contributed by atoms with Crippen molar-refractivity contribution in [3.63, 3.8) is 0 Å². The predicted octanol–water partition coefficient (Wildman–Crippen LogP) is 4.00. The molecule has 1 aliphatic carbocycles. The highest BCUT2D eigenvalue weighted by Gasteiger charge is 2.49.